The van der Waals surface area contributed by atoms with E-state index in [9.17, 15) is 40.9 Å². The summed E-state index contributed by atoms with van der Waals surface area (Å²) in [6.45, 7) is -1.15. The molecule has 77 heavy (non-hydrogen) atoms. The molecule has 19 atom stereocenters. The minimum atomic E-state index is -1.74. The van der Waals surface area contributed by atoms with E-state index in [0.29, 0.717) is 11.1 Å². The Kier molecular flexibility index (Phi) is 19.5. The highest BCUT2D eigenvalue weighted by Gasteiger charge is 2.56. The number of aliphatic imine (C=N–C) groups is 5. The maximum absolute atomic E-state index is 12.5. The lowest BCUT2D eigenvalue weighted by molar-refractivity contribution is -0.310. The van der Waals surface area contributed by atoms with Crippen molar-refractivity contribution in [2.24, 2.45) is 25.0 Å². The van der Waals surface area contributed by atoms with Gasteiger partial charge in [-0.25, -0.2) is 0 Å². The highest BCUT2D eigenvalue weighted by atomic mass is 16.8. The van der Waals surface area contributed by atoms with Crippen molar-refractivity contribution in [2.75, 3.05) is 13.2 Å². The molecule has 19 unspecified atom stereocenters. The van der Waals surface area contributed by atoms with Crippen molar-refractivity contribution < 1.29 is 69.3 Å². The summed E-state index contributed by atoms with van der Waals surface area (Å²) in [5.74, 6) is 0. The Morgan fingerprint density at radius 1 is 0.416 bits per heavy atom. The van der Waals surface area contributed by atoms with Crippen LogP contribution in [-0.2, 0) is 35.0 Å². The zero-order valence-corrected chi connectivity index (χ0v) is 41.9. The lowest BCUT2D eigenvalue weighted by Crippen LogP contribution is -2.63. The van der Waals surface area contributed by atoms with Crippen LogP contribution in [0.3, 0.4) is 0 Å². The van der Waals surface area contributed by atoms with E-state index in [2.05, 4.69) is 15.0 Å². The fourth-order valence-electron chi connectivity index (χ4n) is 9.69. The third kappa shape index (κ3) is 14.0. The quantitative estimate of drug-likeness (QED) is 0.0551. The van der Waals surface area contributed by atoms with E-state index in [1.54, 1.807) is 36.7 Å². The average Bonchev–Trinajstić information content (AvgIpc) is 3.81. The average molecular weight is 1060 g/mol. The monoisotopic (exact) mass is 1060 g/mol. The maximum atomic E-state index is 12.5. The van der Waals surface area contributed by atoms with Gasteiger partial charge in [0, 0.05) is 31.1 Å². The summed E-state index contributed by atoms with van der Waals surface area (Å²) in [5.41, 5.74) is 3.72. The molecule has 0 bridgehead atoms. The predicted molar refractivity (Wildman–Crippen MR) is 285 cm³/mol. The van der Waals surface area contributed by atoms with E-state index in [4.69, 9.17) is 38.4 Å². The van der Waals surface area contributed by atoms with Crippen LogP contribution in [0.5, 0.6) is 0 Å². The fraction of sp³-hybridized carbons (Fsp3) is 0.397. The molecule has 5 aromatic carbocycles. The van der Waals surface area contributed by atoms with E-state index in [1.165, 1.54) is 18.6 Å². The second-order valence-electron chi connectivity index (χ2n) is 19.2. The molecule has 1 saturated carbocycles. The van der Waals surface area contributed by atoms with Gasteiger partial charge in [-0.1, -0.05) is 152 Å². The number of nitrogens with zero attached hydrogens (tertiary/aromatic N) is 5. The van der Waals surface area contributed by atoms with Crippen LogP contribution < -0.4 is 0 Å². The minimum absolute atomic E-state index is 0.0740. The molecule has 0 aromatic heterocycles. The Balaban J connectivity index is 1.05. The number of hydrogen-bond donors (Lipinski definition) is 8. The normalized spacial score (nSPS) is 35.0. The van der Waals surface area contributed by atoms with Gasteiger partial charge in [0.05, 0.1) is 31.8 Å². The second-order valence-corrected chi connectivity index (χ2v) is 19.2. The number of hydrogen-bond acceptors (Lipinski definition) is 19. The highest BCUT2D eigenvalue weighted by molar-refractivity contribution is 5.81. The minimum Gasteiger partial charge on any atom is -0.394 e. The molecule has 3 aliphatic heterocycles. The lowest BCUT2D eigenvalue weighted by Gasteiger charge is -2.47. The summed E-state index contributed by atoms with van der Waals surface area (Å²) in [6.07, 6.45) is -14.5. The lowest BCUT2D eigenvalue weighted by atomic mass is 9.83. The van der Waals surface area contributed by atoms with Crippen molar-refractivity contribution >= 4 is 31.1 Å². The summed E-state index contributed by atoms with van der Waals surface area (Å²) in [6, 6.07) is 41.6. The Labute approximate surface area is 445 Å². The summed E-state index contributed by atoms with van der Waals surface area (Å²) in [5, 5.41) is 91.8. The second kappa shape index (κ2) is 27.0. The molecule has 8 N–H and O–H groups in total. The van der Waals surface area contributed by atoms with Crippen LogP contribution in [-0.4, -0.2) is 201 Å². The van der Waals surface area contributed by atoms with Crippen molar-refractivity contribution in [2.45, 2.75) is 129 Å². The molecule has 4 fully saturated rings. The van der Waals surface area contributed by atoms with E-state index < -0.39 is 129 Å². The number of benzene rings is 5. The molecule has 0 spiro atoms. The first-order valence-electron chi connectivity index (χ1n) is 25.7. The molecule has 3 saturated heterocycles. The Hall–Kier alpha value is -6.11. The first-order chi connectivity index (χ1) is 37.6. The standard InChI is InChI=1S/C58H65N5O14/c64-33-43-49(68)51(70)46(63-31-39-24-14-5-15-25-39)57(73-43)75-53-41(61-29-37-20-10-3-11-21-37)26-40(60-28-36-18-8-2-9-19-36)47(66)55(53)77-58-52(71)54(44(34-65)74-58)76-56-45(62-30-38-22-12-4-13-23-38)50(69)48(67)42(72-56)32-59-27-35-16-6-1-7-17-35/h1-25,28-32,40-58,64-71H,26-27,33-34H2. The van der Waals surface area contributed by atoms with Crippen LogP contribution in [0.2, 0.25) is 0 Å². The van der Waals surface area contributed by atoms with Gasteiger partial charge in [-0.3, -0.25) is 25.0 Å². The number of aliphatic hydroxyl groups excluding tert-OH is 8. The van der Waals surface area contributed by atoms with Crippen molar-refractivity contribution in [1.82, 2.24) is 0 Å². The smallest absolute Gasteiger partial charge is 0.187 e. The first-order valence-corrected chi connectivity index (χ1v) is 25.7. The van der Waals surface area contributed by atoms with Gasteiger partial charge in [-0.2, -0.15) is 0 Å². The molecule has 406 valence electrons. The van der Waals surface area contributed by atoms with Crippen molar-refractivity contribution in [1.29, 1.82) is 0 Å². The topological polar surface area (TPSA) is 279 Å². The molecule has 5 aromatic rings. The molecule has 4 aliphatic rings. The van der Waals surface area contributed by atoms with Gasteiger partial charge in [0.1, 0.15) is 85.3 Å². The van der Waals surface area contributed by atoms with E-state index in [0.717, 1.165) is 16.7 Å². The van der Waals surface area contributed by atoms with E-state index in [1.807, 2.05) is 127 Å². The Bertz CT molecular complexity index is 2710. The molecule has 19 nitrogen and oxygen atoms in total. The SMILES string of the molecule is OCC1OC(OC2C(N=Cc3ccccc3)CC(N=Cc3ccccc3)C(O)C2OC2OC(CO)C(OC3OC(C=NCc4ccccc4)C(O)C(O)C3N=Cc3ccccc3)C2O)C(N=Cc2ccccc2)C(O)C1O. The predicted octanol–water partition coefficient (Wildman–Crippen LogP) is 2.09. The van der Waals surface area contributed by atoms with Gasteiger partial charge >= 0.3 is 0 Å². The molecule has 0 amide bonds. The van der Waals surface area contributed by atoms with Crippen molar-refractivity contribution in [3.8, 4) is 0 Å². The Morgan fingerprint density at radius 2 is 0.844 bits per heavy atom. The van der Waals surface area contributed by atoms with Crippen molar-refractivity contribution in [3.05, 3.63) is 179 Å². The molecule has 9 rings (SSSR count). The zero-order chi connectivity index (χ0) is 53.7. The molecular weight excluding hydrogens is 991 g/mol. The Morgan fingerprint density at radius 3 is 1.36 bits per heavy atom. The van der Waals surface area contributed by atoms with Crippen LogP contribution in [0.15, 0.2) is 177 Å². The van der Waals surface area contributed by atoms with E-state index >= 15 is 0 Å². The van der Waals surface area contributed by atoms with Crippen LogP contribution >= 0.6 is 0 Å². The molecular formula is C58H65N5O14. The zero-order valence-electron chi connectivity index (χ0n) is 41.9. The van der Waals surface area contributed by atoms with Gasteiger partial charge < -0.3 is 69.3 Å². The van der Waals surface area contributed by atoms with Crippen molar-refractivity contribution in [3.63, 3.8) is 0 Å². The highest BCUT2D eigenvalue weighted by Crippen LogP contribution is 2.38. The van der Waals surface area contributed by atoms with E-state index in [-0.39, 0.29) is 13.0 Å². The summed E-state index contributed by atoms with van der Waals surface area (Å²) >= 11 is 0. The molecule has 3 heterocycles. The number of rotatable bonds is 19. The van der Waals surface area contributed by atoms with Gasteiger partial charge in [0.2, 0.25) is 0 Å². The summed E-state index contributed by atoms with van der Waals surface area (Å²) < 4.78 is 38.7. The van der Waals surface area contributed by atoms with Gasteiger partial charge in [-0.05, 0) is 34.2 Å². The molecule has 1 aliphatic carbocycles. The number of ether oxygens (including phenoxy) is 6. The van der Waals surface area contributed by atoms with Crippen LogP contribution in [0, 0.1) is 0 Å². The van der Waals surface area contributed by atoms with Gasteiger partial charge in [-0.15, -0.1) is 0 Å². The van der Waals surface area contributed by atoms with Gasteiger partial charge in [0.15, 0.2) is 18.9 Å². The third-order valence-corrected chi connectivity index (χ3v) is 13.9. The molecule has 19 heteroatoms. The number of aliphatic hydroxyl groups is 8. The first kappa shape index (κ1) is 55.6. The third-order valence-electron chi connectivity index (χ3n) is 13.9. The largest absolute Gasteiger partial charge is 0.394 e. The summed E-state index contributed by atoms with van der Waals surface area (Å²) in [7, 11) is 0. The van der Waals surface area contributed by atoms with Gasteiger partial charge in [0.25, 0.3) is 0 Å². The fourth-order valence-corrected chi connectivity index (χ4v) is 9.69. The molecule has 0 radical (unpaired) electrons. The maximum Gasteiger partial charge on any atom is 0.187 e. The van der Waals surface area contributed by atoms with Crippen LogP contribution in [0.4, 0.5) is 0 Å². The summed E-state index contributed by atoms with van der Waals surface area (Å²) in [4.78, 5) is 23.5. The van der Waals surface area contributed by atoms with Crippen LogP contribution in [0.25, 0.3) is 0 Å². The van der Waals surface area contributed by atoms with Crippen LogP contribution in [0.1, 0.15) is 34.2 Å².